The number of rotatable bonds is 4. The molecule has 4 heteroatoms. The molecule has 8 aromatic carbocycles. The monoisotopic (exact) mass is 657 g/mol. The average molecular weight is 658 g/mol. The van der Waals surface area contributed by atoms with E-state index in [1.165, 1.54) is 20.2 Å². The molecule has 234 valence electrons. The van der Waals surface area contributed by atoms with Gasteiger partial charge in [0.1, 0.15) is 22.3 Å². The van der Waals surface area contributed by atoms with Gasteiger partial charge in [-0.05, 0) is 48.0 Å². The molecule has 0 amide bonds. The van der Waals surface area contributed by atoms with Crippen LogP contribution in [0.5, 0.6) is 0 Å². The van der Waals surface area contributed by atoms with Crippen molar-refractivity contribution in [3.63, 3.8) is 0 Å². The van der Waals surface area contributed by atoms with Crippen molar-refractivity contribution >= 4 is 103 Å². The summed E-state index contributed by atoms with van der Waals surface area (Å²) in [4.78, 5) is 2.45. The lowest BCUT2D eigenvalue weighted by Gasteiger charge is -2.27. The highest BCUT2D eigenvalue weighted by atomic mass is 32.1. The number of nitrogens with zero attached hydrogens (tertiary/aromatic N) is 1. The van der Waals surface area contributed by atoms with Crippen molar-refractivity contribution in [3.8, 4) is 11.1 Å². The lowest BCUT2D eigenvalue weighted by molar-refractivity contribution is 0.669. The van der Waals surface area contributed by atoms with Crippen LogP contribution < -0.4 is 4.90 Å². The lowest BCUT2D eigenvalue weighted by atomic mass is 9.99. The fourth-order valence-electron chi connectivity index (χ4n) is 7.80. The van der Waals surface area contributed by atoms with E-state index in [1.807, 2.05) is 23.5 Å². The van der Waals surface area contributed by atoms with Gasteiger partial charge >= 0.3 is 0 Å². The minimum absolute atomic E-state index is 0.879. The molecule has 0 aliphatic heterocycles. The van der Waals surface area contributed by atoms with Gasteiger partial charge in [-0.15, -0.1) is 11.3 Å². The molecule has 0 unspecified atom stereocenters. The summed E-state index contributed by atoms with van der Waals surface area (Å²) < 4.78 is 15.7. The van der Waals surface area contributed by atoms with Gasteiger partial charge in [-0.2, -0.15) is 0 Å². The Kier molecular flexibility index (Phi) is 5.83. The van der Waals surface area contributed by atoms with Gasteiger partial charge in [-0.1, -0.05) is 121 Å². The minimum atomic E-state index is 0.879. The normalized spacial score (nSPS) is 12.0. The van der Waals surface area contributed by atoms with E-state index < -0.39 is 0 Å². The third-order valence-electron chi connectivity index (χ3n) is 10.1. The minimum Gasteiger partial charge on any atom is -0.456 e. The van der Waals surface area contributed by atoms with Crippen molar-refractivity contribution < 1.29 is 8.83 Å². The Hall–Kier alpha value is -6.36. The number of benzene rings is 8. The fraction of sp³-hybridized carbons (Fsp3) is 0. The summed E-state index contributed by atoms with van der Waals surface area (Å²) in [6, 6.07) is 58.3. The summed E-state index contributed by atoms with van der Waals surface area (Å²) in [6.45, 7) is 0. The van der Waals surface area contributed by atoms with Crippen molar-refractivity contribution in [2.24, 2.45) is 0 Å². The number of thiophene rings is 1. The molecule has 0 radical (unpaired) electrons. The largest absolute Gasteiger partial charge is 0.456 e. The van der Waals surface area contributed by atoms with Crippen LogP contribution in [0.4, 0.5) is 17.1 Å². The number of anilines is 3. The van der Waals surface area contributed by atoms with Crippen molar-refractivity contribution in [1.82, 2.24) is 0 Å². The highest BCUT2D eigenvalue weighted by Gasteiger charge is 2.24. The molecule has 0 aliphatic carbocycles. The predicted molar refractivity (Wildman–Crippen MR) is 212 cm³/mol. The van der Waals surface area contributed by atoms with E-state index in [9.17, 15) is 0 Å². The molecule has 11 aromatic rings. The second-order valence-electron chi connectivity index (χ2n) is 12.8. The van der Waals surface area contributed by atoms with E-state index in [4.69, 9.17) is 8.83 Å². The smallest absolute Gasteiger partial charge is 0.143 e. The zero-order valence-corrected chi connectivity index (χ0v) is 27.6. The molecule has 3 heterocycles. The first-order chi connectivity index (χ1) is 24.8. The maximum atomic E-state index is 6.87. The van der Waals surface area contributed by atoms with Gasteiger partial charge in [0.25, 0.3) is 0 Å². The molecule has 50 heavy (non-hydrogen) atoms. The Morgan fingerprint density at radius 1 is 0.400 bits per heavy atom. The second kappa shape index (κ2) is 10.6. The van der Waals surface area contributed by atoms with Crippen molar-refractivity contribution in [2.45, 2.75) is 0 Å². The van der Waals surface area contributed by atoms with E-state index in [-0.39, 0.29) is 0 Å². The highest BCUT2D eigenvalue weighted by molar-refractivity contribution is 7.26. The molecule has 0 atom stereocenters. The number of fused-ring (bicyclic) bond motifs is 11. The Bertz CT molecular complexity index is 3110. The third-order valence-corrected chi connectivity index (χ3v) is 11.3. The van der Waals surface area contributed by atoms with E-state index in [1.54, 1.807) is 0 Å². The van der Waals surface area contributed by atoms with E-state index >= 15 is 0 Å². The Morgan fingerprint density at radius 3 is 1.98 bits per heavy atom. The van der Waals surface area contributed by atoms with Crippen LogP contribution in [0.3, 0.4) is 0 Å². The van der Waals surface area contributed by atoms with Crippen LogP contribution in [0.25, 0.3) is 85.9 Å². The van der Waals surface area contributed by atoms with Crippen molar-refractivity contribution in [1.29, 1.82) is 0 Å². The Labute approximate surface area is 290 Å². The van der Waals surface area contributed by atoms with Crippen LogP contribution in [-0.4, -0.2) is 0 Å². The van der Waals surface area contributed by atoms with Crippen molar-refractivity contribution in [2.75, 3.05) is 4.90 Å². The van der Waals surface area contributed by atoms with Gasteiger partial charge in [-0.3, -0.25) is 0 Å². The highest BCUT2D eigenvalue weighted by Crippen LogP contribution is 2.50. The van der Waals surface area contributed by atoms with Crippen LogP contribution >= 0.6 is 11.3 Å². The molecular weight excluding hydrogens is 631 g/mol. The SMILES string of the molecule is c1ccc(-c2cccc3c2oc2c4ccccc4c(N(c4ccc5oc6ccccc6c5c4)c4cccc5c4sc4ccccc45)cc32)cc1. The molecule has 0 fully saturated rings. The number of para-hydroxylation sites is 2. The van der Waals surface area contributed by atoms with Gasteiger partial charge < -0.3 is 13.7 Å². The Morgan fingerprint density at radius 2 is 1.08 bits per heavy atom. The van der Waals surface area contributed by atoms with Crippen molar-refractivity contribution in [3.05, 3.63) is 164 Å². The van der Waals surface area contributed by atoms with Crippen LogP contribution in [0.15, 0.2) is 173 Å². The Balaban J connectivity index is 1.26. The quantitative estimate of drug-likeness (QED) is 0.189. The first kappa shape index (κ1) is 27.6. The summed E-state index contributed by atoms with van der Waals surface area (Å²) in [6.07, 6.45) is 0. The third kappa shape index (κ3) is 3.97. The van der Waals surface area contributed by atoms with Crippen LogP contribution in [0, 0.1) is 0 Å². The van der Waals surface area contributed by atoms with Crippen LogP contribution in [0.1, 0.15) is 0 Å². The molecule has 3 nitrogen and oxygen atoms in total. The molecule has 3 aromatic heterocycles. The van der Waals surface area contributed by atoms with Gasteiger partial charge in [0.05, 0.1) is 16.1 Å². The number of hydrogen-bond donors (Lipinski definition) is 0. The van der Waals surface area contributed by atoms with Gasteiger partial charge in [0, 0.05) is 59.0 Å². The number of hydrogen-bond acceptors (Lipinski definition) is 4. The predicted octanol–water partition coefficient (Wildman–Crippen LogP) is 14.1. The van der Waals surface area contributed by atoms with Crippen LogP contribution in [-0.2, 0) is 0 Å². The topological polar surface area (TPSA) is 29.5 Å². The molecular formula is C46H27NO2S. The van der Waals surface area contributed by atoms with Gasteiger partial charge in [0.15, 0.2) is 0 Å². The van der Waals surface area contributed by atoms with E-state index in [2.05, 4.69) is 157 Å². The van der Waals surface area contributed by atoms with Gasteiger partial charge in [-0.25, -0.2) is 0 Å². The summed E-state index contributed by atoms with van der Waals surface area (Å²) >= 11 is 1.85. The fourth-order valence-corrected chi connectivity index (χ4v) is 9.01. The zero-order chi connectivity index (χ0) is 32.8. The molecule has 0 saturated carbocycles. The van der Waals surface area contributed by atoms with Gasteiger partial charge in [0.2, 0.25) is 0 Å². The standard InChI is InChI=1S/C46H27NO2S/c1-2-12-28(13-3-1)30-18-10-19-35-38-27-40(31-14-4-5-17-34(31)45(38)49-44(30)35)47(29-24-25-42-37(26-29)32-15-6-8-22-41(32)48-42)39-21-11-20-36-33-16-7-9-23-43(33)50-46(36)39/h1-27H. The summed E-state index contributed by atoms with van der Waals surface area (Å²) in [5.41, 5.74) is 9.11. The zero-order valence-electron chi connectivity index (χ0n) is 26.8. The van der Waals surface area contributed by atoms with E-state index in [0.29, 0.717) is 0 Å². The molecule has 0 aliphatic rings. The summed E-state index contributed by atoms with van der Waals surface area (Å²) in [5.74, 6) is 0. The van der Waals surface area contributed by atoms with Crippen LogP contribution in [0.2, 0.25) is 0 Å². The molecule has 0 saturated heterocycles. The lowest BCUT2D eigenvalue weighted by Crippen LogP contribution is -2.10. The summed E-state index contributed by atoms with van der Waals surface area (Å²) in [5, 5.41) is 9.14. The molecule has 11 rings (SSSR count). The first-order valence-electron chi connectivity index (χ1n) is 16.8. The van der Waals surface area contributed by atoms with E-state index in [0.717, 1.165) is 82.8 Å². The second-order valence-corrected chi connectivity index (χ2v) is 13.9. The molecule has 0 spiro atoms. The average Bonchev–Trinajstić information content (AvgIpc) is 3.87. The maximum Gasteiger partial charge on any atom is 0.143 e. The first-order valence-corrected chi connectivity index (χ1v) is 17.7. The molecule has 0 bridgehead atoms. The molecule has 0 N–H and O–H groups in total. The number of furan rings is 2. The summed E-state index contributed by atoms with van der Waals surface area (Å²) in [7, 11) is 0. The maximum absolute atomic E-state index is 6.87.